The van der Waals surface area contributed by atoms with Crippen molar-refractivity contribution in [1.82, 2.24) is 4.90 Å². The predicted molar refractivity (Wildman–Crippen MR) is 91.0 cm³/mol. The average Bonchev–Trinajstić information content (AvgIpc) is 2.51. The first-order chi connectivity index (χ1) is 11.8. The summed E-state index contributed by atoms with van der Waals surface area (Å²) < 4.78 is 11.2. The molecule has 2 aliphatic rings. The highest BCUT2D eigenvalue weighted by atomic mass is 16.5. The molecule has 8 nitrogen and oxygen atoms in total. The van der Waals surface area contributed by atoms with Gasteiger partial charge in [0, 0.05) is 25.2 Å². The minimum atomic E-state index is -1.15. The molecule has 1 atom stereocenters. The predicted octanol–water partition coefficient (Wildman–Crippen LogP) is -0.427. The summed E-state index contributed by atoms with van der Waals surface area (Å²) in [5.41, 5.74) is 5.96. The number of carboxylic acids is 1. The Bertz CT molecular complexity index is 662. The van der Waals surface area contributed by atoms with E-state index in [0.717, 1.165) is 5.56 Å². The van der Waals surface area contributed by atoms with Crippen LogP contribution in [0.2, 0.25) is 6.32 Å². The van der Waals surface area contributed by atoms with E-state index in [1.807, 2.05) is 4.90 Å². The number of hydrogen-bond acceptors (Lipinski definition) is 7. The molecule has 0 unspecified atom stereocenters. The van der Waals surface area contributed by atoms with Crippen LogP contribution in [-0.4, -0.2) is 71.1 Å². The molecule has 2 aliphatic heterocycles. The van der Waals surface area contributed by atoms with Crippen LogP contribution in [0.15, 0.2) is 12.1 Å². The Morgan fingerprint density at radius 1 is 1.52 bits per heavy atom. The van der Waals surface area contributed by atoms with Crippen molar-refractivity contribution < 1.29 is 29.4 Å². The lowest BCUT2D eigenvalue weighted by Crippen LogP contribution is -2.61. The number of aryl methyl sites for hydroxylation is 1. The molecule has 0 radical (unpaired) electrons. The molecule has 2 heterocycles. The van der Waals surface area contributed by atoms with E-state index in [9.17, 15) is 20.0 Å². The average molecular weight is 350 g/mol. The van der Waals surface area contributed by atoms with Crippen LogP contribution in [0.5, 0.6) is 11.5 Å². The van der Waals surface area contributed by atoms with Gasteiger partial charge in [-0.2, -0.15) is 0 Å². The van der Waals surface area contributed by atoms with Gasteiger partial charge in [0.15, 0.2) is 0 Å². The smallest absolute Gasteiger partial charge is 0.522 e. The number of rotatable bonds is 6. The monoisotopic (exact) mass is 350 g/mol. The number of nitrogens with two attached hydrogens (primary N) is 1. The van der Waals surface area contributed by atoms with E-state index >= 15 is 0 Å². The first-order valence-corrected chi connectivity index (χ1v) is 8.32. The second-order valence-electron chi connectivity index (χ2n) is 7.09. The van der Waals surface area contributed by atoms with Crippen molar-refractivity contribution in [1.29, 1.82) is 0 Å². The SMILES string of the molecule is C[C@@](N)(CO)CN1CC(Oc2ccc3c(c2C(=O)O)OB(O)CC3)C1. The largest absolute Gasteiger partial charge is 0.535 e. The fraction of sp³-hybridized carbons (Fsp3) is 0.562. The summed E-state index contributed by atoms with van der Waals surface area (Å²) in [5.74, 6) is -0.718. The second-order valence-corrected chi connectivity index (χ2v) is 7.09. The molecular weight excluding hydrogens is 327 g/mol. The lowest BCUT2D eigenvalue weighted by molar-refractivity contribution is 0.000475. The third-order valence-corrected chi connectivity index (χ3v) is 4.49. The minimum Gasteiger partial charge on any atom is -0.535 e. The number of likely N-dealkylation sites (tertiary alicyclic amines) is 1. The highest BCUT2D eigenvalue weighted by molar-refractivity contribution is 6.44. The summed E-state index contributed by atoms with van der Waals surface area (Å²) in [6.45, 7) is 3.41. The molecule has 0 aromatic heterocycles. The molecule has 1 fully saturated rings. The van der Waals surface area contributed by atoms with Crippen LogP contribution >= 0.6 is 0 Å². The number of ether oxygens (including phenoxy) is 1. The van der Waals surface area contributed by atoms with Gasteiger partial charge in [0.05, 0.1) is 6.61 Å². The molecule has 0 saturated carbocycles. The van der Waals surface area contributed by atoms with Gasteiger partial charge in [-0.15, -0.1) is 0 Å². The number of aromatic carboxylic acids is 1. The molecule has 0 aliphatic carbocycles. The molecule has 1 aromatic carbocycles. The molecule has 0 bridgehead atoms. The van der Waals surface area contributed by atoms with Gasteiger partial charge in [-0.25, -0.2) is 4.79 Å². The standard InChI is InChI=1S/C16H23BN2O6/c1-16(18,9-20)8-19-6-11(7-19)24-12-3-2-10-4-5-17(23)25-14(10)13(12)15(21)22/h2-3,11,20,23H,4-9,18H2,1H3,(H,21,22)/t16-/m0/s1. The Hall–Kier alpha value is -1.81. The van der Waals surface area contributed by atoms with Gasteiger partial charge in [-0.3, -0.25) is 4.90 Å². The summed E-state index contributed by atoms with van der Waals surface area (Å²) in [4.78, 5) is 13.7. The lowest BCUT2D eigenvalue weighted by Gasteiger charge is -2.42. The quantitative estimate of drug-likeness (QED) is 0.510. The lowest BCUT2D eigenvalue weighted by atomic mass is 9.78. The van der Waals surface area contributed by atoms with E-state index in [4.69, 9.17) is 15.1 Å². The molecule has 3 rings (SSSR count). The number of hydrogen-bond donors (Lipinski definition) is 4. The normalized spacial score (nSPS) is 20.2. The van der Waals surface area contributed by atoms with Crippen LogP contribution < -0.4 is 15.1 Å². The van der Waals surface area contributed by atoms with Crippen LogP contribution in [-0.2, 0) is 6.42 Å². The number of aliphatic hydroxyl groups excluding tert-OH is 1. The van der Waals surface area contributed by atoms with Crippen molar-refractivity contribution in [2.24, 2.45) is 5.73 Å². The van der Waals surface area contributed by atoms with Crippen molar-refractivity contribution in [3.05, 3.63) is 23.3 Å². The van der Waals surface area contributed by atoms with Gasteiger partial charge >= 0.3 is 13.1 Å². The Morgan fingerprint density at radius 2 is 2.24 bits per heavy atom. The summed E-state index contributed by atoms with van der Waals surface area (Å²) in [6, 6.07) is 3.43. The summed E-state index contributed by atoms with van der Waals surface area (Å²) >= 11 is 0. The Kier molecular flexibility index (Phi) is 4.92. The van der Waals surface area contributed by atoms with Crippen LogP contribution in [0.25, 0.3) is 0 Å². The first kappa shape index (κ1) is 18.0. The van der Waals surface area contributed by atoms with E-state index in [-0.39, 0.29) is 29.8 Å². The summed E-state index contributed by atoms with van der Waals surface area (Å²) in [7, 11) is -0.999. The number of aliphatic hydroxyl groups is 1. The van der Waals surface area contributed by atoms with Gasteiger partial charge < -0.3 is 30.4 Å². The van der Waals surface area contributed by atoms with Crippen molar-refractivity contribution in [3.8, 4) is 11.5 Å². The van der Waals surface area contributed by atoms with Gasteiger partial charge in [0.25, 0.3) is 0 Å². The maximum atomic E-state index is 11.7. The molecule has 0 amide bonds. The zero-order chi connectivity index (χ0) is 18.2. The molecule has 0 spiro atoms. The summed E-state index contributed by atoms with van der Waals surface area (Å²) in [5, 5.41) is 28.4. The van der Waals surface area contributed by atoms with E-state index in [2.05, 4.69) is 0 Å². The van der Waals surface area contributed by atoms with Gasteiger partial charge in [0.1, 0.15) is 23.2 Å². The number of nitrogens with zero attached hydrogens (tertiary/aromatic N) is 1. The van der Waals surface area contributed by atoms with Crippen molar-refractivity contribution in [3.63, 3.8) is 0 Å². The van der Waals surface area contributed by atoms with Crippen LogP contribution in [0.3, 0.4) is 0 Å². The van der Waals surface area contributed by atoms with Gasteiger partial charge in [0.2, 0.25) is 0 Å². The first-order valence-electron chi connectivity index (χ1n) is 8.32. The zero-order valence-corrected chi connectivity index (χ0v) is 14.1. The maximum Gasteiger partial charge on any atom is 0.522 e. The van der Waals surface area contributed by atoms with Crippen molar-refractivity contribution >= 4 is 13.1 Å². The molecule has 1 aromatic rings. The van der Waals surface area contributed by atoms with E-state index in [1.54, 1.807) is 19.1 Å². The topological polar surface area (TPSA) is 125 Å². The number of fused-ring (bicyclic) bond motifs is 1. The van der Waals surface area contributed by atoms with Crippen LogP contribution in [0, 0.1) is 0 Å². The third kappa shape index (κ3) is 3.90. The molecule has 5 N–H and O–H groups in total. The fourth-order valence-electron chi connectivity index (χ4n) is 3.18. The second kappa shape index (κ2) is 6.83. The van der Waals surface area contributed by atoms with E-state index < -0.39 is 18.6 Å². The molecule has 25 heavy (non-hydrogen) atoms. The van der Waals surface area contributed by atoms with Gasteiger partial charge in [-0.05, 0) is 31.3 Å². The Balaban J connectivity index is 1.70. The number of carboxylic acid groups (broad SMARTS) is 1. The van der Waals surface area contributed by atoms with E-state index in [1.165, 1.54) is 0 Å². The fourth-order valence-corrected chi connectivity index (χ4v) is 3.18. The zero-order valence-electron chi connectivity index (χ0n) is 14.1. The highest BCUT2D eigenvalue weighted by Crippen LogP contribution is 2.37. The number of benzene rings is 1. The van der Waals surface area contributed by atoms with E-state index in [0.29, 0.717) is 32.4 Å². The summed E-state index contributed by atoms with van der Waals surface area (Å²) in [6.07, 6.45) is 0.844. The number of carbonyl (C=O) groups is 1. The van der Waals surface area contributed by atoms with Crippen LogP contribution in [0.4, 0.5) is 0 Å². The molecular formula is C16H23BN2O6. The Morgan fingerprint density at radius 3 is 2.88 bits per heavy atom. The van der Waals surface area contributed by atoms with Gasteiger partial charge in [-0.1, -0.05) is 6.07 Å². The maximum absolute atomic E-state index is 11.7. The highest BCUT2D eigenvalue weighted by Gasteiger charge is 2.35. The van der Waals surface area contributed by atoms with Crippen molar-refractivity contribution in [2.75, 3.05) is 26.2 Å². The van der Waals surface area contributed by atoms with Crippen molar-refractivity contribution in [2.45, 2.75) is 31.3 Å². The van der Waals surface area contributed by atoms with Crippen LogP contribution in [0.1, 0.15) is 22.8 Å². The third-order valence-electron chi connectivity index (χ3n) is 4.49. The minimum absolute atomic E-state index is 0.0475. The molecule has 1 saturated heterocycles. The molecule has 136 valence electrons. The Labute approximate surface area is 146 Å². The molecule has 9 heteroatoms.